The van der Waals surface area contributed by atoms with Crippen molar-refractivity contribution in [3.8, 4) is 11.5 Å². The molecule has 0 saturated carbocycles. The summed E-state index contributed by atoms with van der Waals surface area (Å²) >= 11 is 7.82. The predicted molar refractivity (Wildman–Crippen MR) is 155 cm³/mol. The molecule has 0 radical (unpaired) electrons. The van der Waals surface area contributed by atoms with Crippen molar-refractivity contribution < 1.29 is 19.0 Å². The van der Waals surface area contributed by atoms with Gasteiger partial charge in [0.2, 0.25) is 11.1 Å². The maximum absolute atomic E-state index is 13.3. The van der Waals surface area contributed by atoms with Gasteiger partial charge in [0.1, 0.15) is 6.04 Å². The summed E-state index contributed by atoms with van der Waals surface area (Å²) in [5.41, 5.74) is 2.94. The Balaban J connectivity index is 1.69. The van der Waals surface area contributed by atoms with E-state index < -0.39 is 12.0 Å². The van der Waals surface area contributed by atoms with Gasteiger partial charge < -0.3 is 19.5 Å². The van der Waals surface area contributed by atoms with Gasteiger partial charge in [0, 0.05) is 16.5 Å². The van der Waals surface area contributed by atoms with Crippen LogP contribution in [0.5, 0.6) is 11.5 Å². The van der Waals surface area contributed by atoms with Crippen LogP contribution in [0.2, 0.25) is 5.02 Å². The highest BCUT2D eigenvalue weighted by molar-refractivity contribution is 7.98. The van der Waals surface area contributed by atoms with Crippen LogP contribution in [0, 0.1) is 5.92 Å². The van der Waals surface area contributed by atoms with Crippen molar-refractivity contribution in [2.75, 3.05) is 25.6 Å². The quantitative estimate of drug-likeness (QED) is 0.186. The lowest BCUT2D eigenvalue weighted by molar-refractivity contribution is -0.139. The van der Waals surface area contributed by atoms with E-state index in [-0.39, 0.29) is 0 Å². The Bertz CT molecular complexity index is 1340. The molecule has 39 heavy (non-hydrogen) atoms. The Kier molecular flexibility index (Phi) is 9.80. The van der Waals surface area contributed by atoms with Gasteiger partial charge in [-0.1, -0.05) is 68.4 Å². The first kappa shape index (κ1) is 28.8. The number of halogens is 1. The zero-order valence-corrected chi connectivity index (χ0v) is 24.6. The molecular formula is C29H35ClN4O4S. The lowest BCUT2D eigenvalue weighted by Gasteiger charge is -2.28. The number of allylic oxidation sites excluding steroid dienone is 1. The number of carbonyl (C=O) groups is 1. The third-order valence-electron chi connectivity index (χ3n) is 6.26. The van der Waals surface area contributed by atoms with Gasteiger partial charge in [-0.25, -0.2) is 9.48 Å². The first-order chi connectivity index (χ1) is 18.8. The molecule has 2 aromatic carbocycles. The number of esters is 1. The number of rotatable bonds is 12. The molecule has 3 aromatic rings. The summed E-state index contributed by atoms with van der Waals surface area (Å²) < 4.78 is 19.0. The van der Waals surface area contributed by atoms with E-state index in [0.29, 0.717) is 63.8 Å². The summed E-state index contributed by atoms with van der Waals surface area (Å²) in [6, 6.07) is 12.9. The molecule has 1 unspecified atom stereocenters. The van der Waals surface area contributed by atoms with E-state index >= 15 is 0 Å². The molecule has 10 heteroatoms. The van der Waals surface area contributed by atoms with E-state index in [0.717, 1.165) is 24.0 Å². The van der Waals surface area contributed by atoms with Crippen LogP contribution < -0.4 is 14.8 Å². The van der Waals surface area contributed by atoms with Crippen molar-refractivity contribution in [2.24, 2.45) is 5.92 Å². The maximum Gasteiger partial charge on any atom is 0.338 e. The normalized spacial score (nSPS) is 14.7. The second kappa shape index (κ2) is 13.3. The number of aromatic nitrogens is 3. The molecule has 0 spiro atoms. The Morgan fingerprint density at radius 2 is 1.97 bits per heavy atom. The van der Waals surface area contributed by atoms with Gasteiger partial charge in [0.25, 0.3) is 0 Å². The Morgan fingerprint density at radius 1 is 1.18 bits per heavy atom. The summed E-state index contributed by atoms with van der Waals surface area (Å²) in [4.78, 5) is 18.0. The van der Waals surface area contributed by atoms with Gasteiger partial charge >= 0.3 is 5.97 Å². The van der Waals surface area contributed by atoms with Crippen molar-refractivity contribution in [3.05, 3.63) is 69.9 Å². The number of methoxy groups -OCH3 is 1. The number of fused-ring (bicyclic) bond motifs is 1. The van der Waals surface area contributed by atoms with Crippen LogP contribution in [0.15, 0.2) is 58.9 Å². The smallest absolute Gasteiger partial charge is 0.338 e. The average Bonchev–Trinajstić information content (AvgIpc) is 3.32. The molecule has 1 aliphatic rings. The van der Waals surface area contributed by atoms with Crippen molar-refractivity contribution in [1.29, 1.82) is 0 Å². The molecule has 0 fully saturated rings. The van der Waals surface area contributed by atoms with E-state index in [9.17, 15) is 4.79 Å². The van der Waals surface area contributed by atoms with Crippen molar-refractivity contribution >= 4 is 35.3 Å². The molecular weight excluding hydrogens is 536 g/mol. The van der Waals surface area contributed by atoms with Gasteiger partial charge in [0.05, 0.1) is 25.9 Å². The zero-order valence-electron chi connectivity index (χ0n) is 23.0. The van der Waals surface area contributed by atoms with Gasteiger partial charge in [-0.3, -0.25) is 0 Å². The van der Waals surface area contributed by atoms with Gasteiger partial charge in [0.15, 0.2) is 11.5 Å². The Morgan fingerprint density at radius 3 is 2.69 bits per heavy atom. The standard InChI is InChI=1S/C29H35ClN4O4S/c1-6-14-38-27(35)25-19(4)31-28-32-29(39-17-21-9-7-8-10-22(21)30)33-34(28)26(25)20-11-12-23(24(16-20)36-5)37-15-13-18(2)3/h7-12,16,18,26H,6,13-15,17H2,1-5H3,(H,31,32,33). The number of carbonyl (C=O) groups excluding carboxylic acids is 1. The van der Waals surface area contributed by atoms with Crippen LogP contribution in [0.3, 0.4) is 0 Å². The molecule has 4 rings (SSSR count). The fraction of sp³-hybridized carbons (Fsp3) is 0.414. The molecule has 8 nitrogen and oxygen atoms in total. The van der Waals surface area contributed by atoms with Crippen LogP contribution in [-0.2, 0) is 15.3 Å². The summed E-state index contributed by atoms with van der Waals surface area (Å²) in [7, 11) is 1.61. The molecule has 0 amide bonds. The number of anilines is 1. The topological polar surface area (TPSA) is 87.5 Å². The summed E-state index contributed by atoms with van der Waals surface area (Å²) in [5.74, 6) is 2.54. The number of nitrogens with zero attached hydrogens (tertiary/aromatic N) is 3. The summed E-state index contributed by atoms with van der Waals surface area (Å²) in [6.45, 7) is 9.05. The predicted octanol–water partition coefficient (Wildman–Crippen LogP) is 6.90. The van der Waals surface area contributed by atoms with Crippen LogP contribution in [-0.4, -0.2) is 41.1 Å². The summed E-state index contributed by atoms with van der Waals surface area (Å²) in [5, 5.41) is 9.31. The lowest BCUT2D eigenvalue weighted by Crippen LogP contribution is -2.29. The van der Waals surface area contributed by atoms with Gasteiger partial charge in [-0.2, -0.15) is 4.98 Å². The number of hydrogen-bond acceptors (Lipinski definition) is 8. The third kappa shape index (κ3) is 6.89. The molecule has 1 N–H and O–H groups in total. The molecule has 2 heterocycles. The molecule has 1 atom stereocenters. The lowest BCUT2D eigenvalue weighted by atomic mass is 9.95. The number of benzene rings is 2. The highest BCUT2D eigenvalue weighted by atomic mass is 35.5. The minimum absolute atomic E-state index is 0.331. The van der Waals surface area contributed by atoms with E-state index in [4.69, 9.17) is 35.9 Å². The first-order valence-electron chi connectivity index (χ1n) is 13.1. The summed E-state index contributed by atoms with van der Waals surface area (Å²) in [6.07, 6.45) is 1.66. The van der Waals surface area contributed by atoms with Crippen molar-refractivity contribution in [2.45, 2.75) is 57.5 Å². The minimum atomic E-state index is -0.564. The van der Waals surface area contributed by atoms with Crippen LogP contribution in [0.25, 0.3) is 0 Å². The molecule has 1 aromatic heterocycles. The average molecular weight is 571 g/mol. The van der Waals surface area contributed by atoms with Gasteiger partial charge in [-0.05, 0) is 55.0 Å². The van der Waals surface area contributed by atoms with E-state index in [1.165, 1.54) is 11.8 Å². The van der Waals surface area contributed by atoms with E-state index in [1.807, 2.05) is 56.3 Å². The maximum atomic E-state index is 13.3. The van der Waals surface area contributed by atoms with Crippen molar-refractivity contribution in [1.82, 2.24) is 14.8 Å². The highest BCUT2D eigenvalue weighted by Crippen LogP contribution is 2.40. The fourth-order valence-corrected chi connectivity index (χ4v) is 5.29. The monoisotopic (exact) mass is 570 g/mol. The zero-order chi connectivity index (χ0) is 27.9. The molecule has 208 valence electrons. The molecule has 0 bridgehead atoms. The molecule has 1 aliphatic heterocycles. The highest BCUT2D eigenvalue weighted by Gasteiger charge is 2.35. The fourth-order valence-electron chi connectivity index (χ4n) is 4.17. The number of thioether (sulfide) groups is 1. The van der Waals surface area contributed by atoms with E-state index in [2.05, 4.69) is 19.2 Å². The van der Waals surface area contributed by atoms with E-state index in [1.54, 1.807) is 11.8 Å². The SMILES string of the molecule is CCCOC(=O)C1=C(C)Nc2nc(SCc3ccccc3Cl)nn2C1c1ccc(OCCC(C)C)c(OC)c1. The second-order valence-corrected chi connectivity index (χ2v) is 11.0. The molecule has 0 aliphatic carbocycles. The number of hydrogen-bond donors (Lipinski definition) is 1. The number of ether oxygens (including phenoxy) is 3. The first-order valence-corrected chi connectivity index (χ1v) is 14.5. The molecule has 0 saturated heterocycles. The third-order valence-corrected chi connectivity index (χ3v) is 7.52. The van der Waals surface area contributed by atoms with Crippen LogP contribution >= 0.6 is 23.4 Å². The van der Waals surface area contributed by atoms with Gasteiger partial charge in [-0.15, -0.1) is 5.10 Å². The van der Waals surface area contributed by atoms with Crippen molar-refractivity contribution in [3.63, 3.8) is 0 Å². The second-order valence-electron chi connectivity index (χ2n) is 9.69. The van der Waals surface area contributed by atoms with Crippen LogP contribution in [0.4, 0.5) is 5.95 Å². The largest absolute Gasteiger partial charge is 0.493 e. The minimum Gasteiger partial charge on any atom is -0.493 e. The Hall–Kier alpha value is -3.17. The number of nitrogens with one attached hydrogen (secondary N) is 1. The Labute approximate surface area is 239 Å². The van der Waals surface area contributed by atoms with Crippen LogP contribution in [0.1, 0.15) is 57.7 Å².